The summed E-state index contributed by atoms with van der Waals surface area (Å²) in [6.45, 7) is 1.15. The highest BCUT2D eigenvalue weighted by Gasteiger charge is 2.50. The predicted octanol–water partition coefficient (Wildman–Crippen LogP) is -0.432. The van der Waals surface area contributed by atoms with Crippen molar-refractivity contribution in [1.29, 1.82) is 0 Å². The van der Waals surface area contributed by atoms with Gasteiger partial charge < -0.3 is 10.2 Å². The van der Waals surface area contributed by atoms with Gasteiger partial charge in [-0.3, -0.25) is 0 Å². The number of nitrogens with two attached hydrogens (primary N) is 1. The van der Waals surface area contributed by atoms with Crippen molar-refractivity contribution in [3.63, 3.8) is 0 Å². The normalized spacial score (nSPS) is 36.8. The zero-order chi connectivity index (χ0) is 11.0. The monoisotopic (exact) mass is 218 g/mol. The largest absolute Gasteiger partial charge is 0.335 e. The second kappa shape index (κ2) is 4.19. The number of benzene rings is 1. The van der Waals surface area contributed by atoms with Crippen LogP contribution in [0.4, 0.5) is 0 Å². The lowest BCUT2D eigenvalue weighted by atomic mass is 9.95. The molecule has 2 heteroatoms. The standard InChI is InChI=1S/C14H20N2/c1-16-12-7-8-14(16)13(9-12)15-10-11-5-3-2-4-6-11/h2-6,12-15H,7-10H2,1H3/p+2/t12-,13+,14+/m0/s1. The number of rotatable bonds is 3. The molecule has 3 rings (SSSR count). The SMILES string of the molecule is C[NH+]1[C@H]2CC[C@@H]1[C@H]([NH2+]Cc1ccccc1)C2. The third kappa shape index (κ3) is 1.76. The van der Waals surface area contributed by atoms with E-state index in [2.05, 4.69) is 42.7 Å². The minimum absolute atomic E-state index is 0.874. The minimum atomic E-state index is 0.874. The molecule has 0 spiro atoms. The van der Waals surface area contributed by atoms with Gasteiger partial charge in [0.05, 0.1) is 19.5 Å². The van der Waals surface area contributed by atoms with E-state index >= 15 is 0 Å². The third-order valence-electron chi connectivity index (χ3n) is 4.63. The number of hydrogen-bond acceptors (Lipinski definition) is 0. The Morgan fingerprint density at radius 3 is 2.69 bits per heavy atom. The maximum atomic E-state index is 2.57. The molecule has 1 unspecified atom stereocenters. The molecule has 2 aliphatic heterocycles. The molecule has 0 amide bonds. The first kappa shape index (κ1) is 10.3. The van der Waals surface area contributed by atoms with Crippen LogP contribution in [0.1, 0.15) is 24.8 Å². The van der Waals surface area contributed by atoms with Crippen molar-refractivity contribution >= 4 is 0 Å². The van der Waals surface area contributed by atoms with Gasteiger partial charge in [0.25, 0.3) is 0 Å². The molecule has 0 aromatic heterocycles. The number of likely N-dealkylation sites (N-methyl/N-ethyl adjacent to an activating group) is 1. The molecule has 0 radical (unpaired) electrons. The van der Waals surface area contributed by atoms with Crippen molar-refractivity contribution in [1.82, 2.24) is 0 Å². The molecule has 86 valence electrons. The average molecular weight is 218 g/mol. The quantitative estimate of drug-likeness (QED) is 0.687. The van der Waals surface area contributed by atoms with Crippen LogP contribution >= 0.6 is 0 Å². The molecule has 2 bridgehead atoms. The summed E-state index contributed by atoms with van der Waals surface area (Å²) < 4.78 is 0. The molecule has 16 heavy (non-hydrogen) atoms. The summed E-state index contributed by atoms with van der Waals surface area (Å²) >= 11 is 0. The van der Waals surface area contributed by atoms with Gasteiger partial charge in [0.15, 0.2) is 0 Å². The molecule has 4 atom stereocenters. The first-order valence-corrected chi connectivity index (χ1v) is 6.55. The summed E-state index contributed by atoms with van der Waals surface area (Å²) in [5.74, 6) is 0. The number of fused-ring (bicyclic) bond motifs is 2. The lowest BCUT2D eigenvalue weighted by Crippen LogP contribution is -3.14. The Kier molecular flexibility index (Phi) is 2.70. The van der Waals surface area contributed by atoms with Gasteiger partial charge in [-0.25, -0.2) is 0 Å². The topological polar surface area (TPSA) is 21.1 Å². The fourth-order valence-electron chi connectivity index (χ4n) is 3.65. The molecule has 2 aliphatic rings. The van der Waals surface area contributed by atoms with Gasteiger partial charge in [0, 0.05) is 18.4 Å². The van der Waals surface area contributed by atoms with E-state index in [-0.39, 0.29) is 0 Å². The molecule has 2 nitrogen and oxygen atoms in total. The van der Waals surface area contributed by atoms with Gasteiger partial charge in [0.1, 0.15) is 18.6 Å². The number of nitrogens with one attached hydrogen (secondary N) is 1. The molecule has 1 aromatic rings. The van der Waals surface area contributed by atoms with E-state index in [9.17, 15) is 0 Å². The van der Waals surface area contributed by atoms with E-state index in [1.54, 1.807) is 4.90 Å². The summed E-state index contributed by atoms with van der Waals surface area (Å²) in [5, 5.41) is 2.57. The van der Waals surface area contributed by atoms with E-state index in [0.717, 1.165) is 24.7 Å². The zero-order valence-electron chi connectivity index (χ0n) is 10.0. The zero-order valence-corrected chi connectivity index (χ0v) is 10.0. The van der Waals surface area contributed by atoms with Crippen molar-refractivity contribution in [3.05, 3.63) is 35.9 Å². The van der Waals surface area contributed by atoms with Gasteiger partial charge in [-0.15, -0.1) is 0 Å². The molecule has 0 aliphatic carbocycles. The molecule has 1 aromatic carbocycles. The van der Waals surface area contributed by atoms with Crippen LogP contribution in [0.25, 0.3) is 0 Å². The molecule has 2 saturated heterocycles. The summed E-state index contributed by atoms with van der Waals surface area (Å²) in [6, 6.07) is 13.6. The number of hydrogen-bond donors (Lipinski definition) is 2. The van der Waals surface area contributed by atoms with E-state index in [0.29, 0.717) is 0 Å². The van der Waals surface area contributed by atoms with E-state index < -0.39 is 0 Å². The number of quaternary nitrogens is 2. The van der Waals surface area contributed by atoms with Gasteiger partial charge in [-0.1, -0.05) is 30.3 Å². The van der Waals surface area contributed by atoms with Crippen LogP contribution < -0.4 is 10.2 Å². The van der Waals surface area contributed by atoms with Gasteiger partial charge >= 0.3 is 0 Å². The molecule has 0 saturated carbocycles. The lowest BCUT2D eigenvalue weighted by molar-refractivity contribution is -0.914. The Morgan fingerprint density at radius 2 is 2.06 bits per heavy atom. The van der Waals surface area contributed by atoms with Crippen molar-refractivity contribution in [2.45, 2.75) is 43.9 Å². The van der Waals surface area contributed by atoms with Gasteiger partial charge in [-0.05, 0) is 0 Å². The fraction of sp³-hybridized carbons (Fsp3) is 0.571. The van der Waals surface area contributed by atoms with Gasteiger partial charge in [0.2, 0.25) is 0 Å². The predicted molar refractivity (Wildman–Crippen MR) is 64.2 cm³/mol. The Morgan fingerprint density at radius 1 is 1.25 bits per heavy atom. The smallest absolute Gasteiger partial charge is 0.144 e. The maximum absolute atomic E-state index is 2.57. The average Bonchev–Trinajstić information content (AvgIpc) is 2.84. The minimum Gasteiger partial charge on any atom is -0.335 e. The molecule has 3 N–H and O–H groups in total. The molecular weight excluding hydrogens is 196 g/mol. The van der Waals surface area contributed by atoms with Crippen LogP contribution in [0.15, 0.2) is 30.3 Å². The first-order valence-electron chi connectivity index (χ1n) is 6.55. The molecule has 2 heterocycles. The van der Waals surface area contributed by atoms with Crippen molar-refractivity contribution in [2.75, 3.05) is 7.05 Å². The lowest BCUT2D eigenvalue weighted by Gasteiger charge is -2.16. The highest BCUT2D eigenvalue weighted by molar-refractivity contribution is 5.13. The van der Waals surface area contributed by atoms with Crippen molar-refractivity contribution in [2.24, 2.45) is 0 Å². The highest BCUT2D eigenvalue weighted by Crippen LogP contribution is 2.21. The second-order valence-electron chi connectivity index (χ2n) is 5.45. The van der Waals surface area contributed by atoms with Crippen LogP contribution in [0.5, 0.6) is 0 Å². The summed E-state index contributed by atoms with van der Waals surface area (Å²) in [7, 11) is 2.39. The van der Waals surface area contributed by atoms with E-state index in [4.69, 9.17) is 0 Å². The fourth-order valence-corrected chi connectivity index (χ4v) is 3.65. The van der Waals surface area contributed by atoms with Crippen LogP contribution in [0.2, 0.25) is 0 Å². The third-order valence-corrected chi connectivity index (χ3v) is 4.63. The Balaban J connectivity index is 1.57. The summed E-state index contributed by atoms with van der Waals surface area (Å²) in [4.78, 5) is 1.80. The Labute approximate surface area is 97.6 Å². The van der Waals surface area contributed by atoms with Crippen molar-refractivity contribution in [3.8, 4) is 0 Å². The first-order chi connectivity index (χ1) is 7.84. The maximum Gasteiger partial charge on any atom is 0.144 e. The highest BCUT2D eigenvalue weighted by atomic mass is 15.2. The van der Waals surface area contributed by atoms with E-state index in [1.165, 1.54) is 24.8 Å². The van der Waals surface area contributed by atoms with Crippen LogP contribution in [0, 0.1) is 0 Å². The summed E-state index contributed by atoms with van der Waals surface area (Å²) in [5.41, 5.74) is 1.46. The summed E-state index contributed by atoms with van der Waals surface area (Å²) in [6.07, 6.45) is 4.35. The second-order valence-corrected chi connectivity index (χ2v) is 5.45. The molecular formula is C14H22N2+2. The van der Waals surface area contributed by atoms with Crippen molar-refractivity contribution < 1.29 is 10.2 Å². The molecule has 2 fully saturated rings. The Hall–Kier alpha value is -0.860. The van der Waals surface area contributed by atoms with Crippen LogP contribution in [-0.4, -0.2) is 25.2 Å². The van der Waals surface area contributed by atoms with Crippen LogP contribution in [0.3, 0.4) is 0 Å². The van der Waals surface area contributed by atoms with Crippen LogP contribution in [-0.2, 0) is 6.54 Å². The van der Waals surface area contributed by atoms with Gasteiger partial charge in [-0.2, -0.15) is 0 Å². The van der Waals surface area contributed by atoms with E-state index in [1.807, 2.05) is 0 Å². The Bertz CT molecular complexity index is 349.